The van der Waals surface area contributed by atoms with Gasteiger partial charge in [0.25, 0.3) is 0 Å². The molecule has 2 atom stereocenters. The van der Waals surface area contributed by atoms with Gasteiger partial charge in [0.15, 0.2) is 8.24 Å². The Morgan fingerprint density at radius 2 is 1.60 bits per heavy atom. The van der Waals surface area contributed by atoms with Crippen molar-refractivity contribution in [2.75, 3.05) is 13.1 Å². The second kappa shape index (κ2) is 6.49. The Hall–Kier alpha value is -0.0831. The highest BCUT2D eigenvalue weighted by molar-refractivity contribution is 6.84. The normalized spacial score (nSPS) is 17.9. The summed E-state index contributed by atoms with van der Waals surface area (Å²) in [6.07, 6.45) is 1.27. The molecule has 0 heterocycles. The Kier molecular flexibility index (Phi) is 6.45. The lowest BCUT2D eigenvalue weighted by Gasteiger charge is -2.46. The number of hydrogen-bond donors (Lipinski definition) is 0. The van der Waals surface area contributed by atoms with Gasteiger partial charge in [-0.15, -0.1) is 6.58 Å². The molecule has 0 bridgehead atoms. The summed E-state index contributed by atoms with van der Waals surface area (Å²) in [7, 11) is -1.48. The summed E-state index contributed by atoms with van der Waals surface area (Å²) >= 11 is 0. The van der Waals surface area contributed by atoms with Crippen LogP contribution in [0.2, 0.25) is 11.1 Å². The van der Waals surface area contributed by atoms with E-state index in [1.165, 1.54) is 6.42 Å². The van der Waals surface area contributed by atoms with Crippen LogP contribution in [0.3, 0.4) is 0 Å². The van der Waals surface area contributed by atoms with Gasteiger partial charge in [-0.3, -0.25) is 0 Å². The third-order valence-electron chi connectivity index (χ3n) is 3.96. The molecule has 0 aliphatic rings. The largest absolute Gasteiger partial charge is 0.320 e. The first kappa shape index (κ1) is 14.9. The second-order valence-corrected chi connectivity index (χ2v) is 9.68. The number of hydrogen-bond acceptors (Lipinski definition) is 1. The van der Waals surface area contributed by atoms with E-state index in [-0.39, 0.29) is 0 Å². The van der Waals surface area contributed by atoms with Gasteiger partial charge in [0, 0.05) is 0 Å². The third-order valence-corrected chi connectivity index (χ3v) is 10.2. The molecule has 90 valence electrons. The van der Waals surface area contributed by atoms with Crippen molar-refractivity contribution in [1.29, 1.82) is 0 Å². The molecule has 1 nitrogen and oxygen atoms in total. The average molecular weight is 227 g/mol. The van der Waals surface area contributed by atoms with E-state index in [0.29, 0.717) is 0 Å². The van der Waals surface area contributed by atoms with E-state index in [0.717, 1.165) is 24.2 Å². The smallest absolute Gasteiger partial charge is 0.157 e. The van der Waals surface area contributed by atoms with E-state index in [1.54, 1.807) is 0 Å². The van der Waals surface area contributed by atoms with Gasteiger partial charge in [0.1, 0.15) is 0 Å². The molecule has 0 aromatic heterocycles. The van der Waals surface area contributed by atoms with E-state index in [2.05, 4.69) is 58.4 Å². The fraction of sp³-hybridized carbons (Fsp3) is 0.846. The molecule has 0 amide bonds. The van der Waals surface area contributed by atoms with Gasteiger partial charge >= 0.3 is 0 Å². The van der Waals surface area contributed by atoms with Crippen LogP contribution in [0.1, 0.15) is 48.0 Å². The Morgan fingerprint density at radius 3 is 1.80 bits per heavy atom. The topological polar surface area (TPSA) is 3.24 Å². The lowest BCUT2D eigenvalue weighted by atomic mass is 10.4. The highest BCUT2D eigenvalue weighted by atomic mass is 28.3. The highest BCUT2D eigenvalue weighted by Gasteiger charge is 2.42. The van der Waals surface area contributed by atoms with Crippen LogP contribution in [-0.2, 0) is 0 Å². The third kappa shape index (κ3) is 2.73. The molecule has 0 rings (SSSR count). The lowest BCUT2D eigenvalue weighted by Crippen LogP contribution is -2.57. The van der Waals surface area contributed by atoms with Crippen molar-refractivity contribution in [3.05, 3.63) is 12.3 Å². The summed E-state index contributed by atoms with van der Waals surface area (Å²) in [4.78, 5) is 0. The zero-order chi connectivity index (χ0) is 12.1. The van der Waals surface area contributed by atoms with Crippen LogP contribution in [0.25, 0.3) is 0 Å². The molecule has 15 heavy (non-hydrogen) atoms. The van der Waals surface area contributed by atoms with Gasteiger partial charge in [0.05, 0.1) is 0 Å². The first-order chi connectivity index (χ1) is 7.00. The van der Waals surface area contributed by atoms with Crippen LogP contribution in [-0.4, -0.2) is 25.9 Å². The van der Waals surface area contributed by atoms with Crippen LogP contribution >= 0.6 is 0 Å². The molecule has 0 aliphatic heterocycles. The summed E-state index contributed by atoms with van der Waals surface area (Å²) in [6, 6.07) is 0. The van der Waals surface area contributed by atoms with E-state index in [1.807, 2.05) is 0 Å². The summed E-state index contributed by atoms with van der Waals surface area (Å²) in [5, 5.41) is 0. The standard InChI is InChI=1S/C13H29NSi/c1-8-13(7)15(11-4,12(5)6)14(9-2)10-3/h11-13H,4,8-10H2,1-3,5-7H3. The van der Waals surface area contributed by atoms with Crippen LogP contribution in [0, 0.1) is 0 Å². The van der Waals surface area contributed by atoms with Gasteiger partial charge in [-0.1, -0.05) is 53.7 Å². The molecule has 0 aromatic rings. The molecule has 2 heteroatoms. The van der Waals surface area contributed by atoms with Gasteiger partial charge in [-0.05, 0) is 24.2 Å². The van der Waals surface area contributed by atoms with Gasteiger partial charge in [0.2, 0.25) is 0 Å². The summed E-state index contributed by atoms with van der Waals surface area (Å²) < 4.78 is 2.69. The number of nitrogens with zero attached hydrogens (tertiary/aromatic N) is 1. The van der Waals surface area contributed by atoms with E-state index in [4.69, 9.17) is 0 Å². The van der Waals surface area contributed by atoms with Crippen LogP contribution in [0.4, 0.5) is 0 Å². The fourth-order valence-corrected chi connectivity index (χ4v) is 8.28. The zero-order valence-electron chi connectivity index (χ0n) is 11.5. The Balaban J connectivity index is 5.21. The van der Waals surface area contributed by atoms with Crippen molar-refractivity contribution in [2.45, 2.75) is 59.0 Å². The maximum absolute atomic E-state index is 4.16. The van der Waals surface area contributed by atoms with E-state index in [9.17, 15) is 0 Å². The molecule has 0 N–H and O–H groups in total. The Morgan fingerprint density at radius 1 is 1.13 bits per heavy atom. The summed E-state index contributed by atoms with van der Waals surface area (Å²) in [6.45, 7) is 20.5. The molecular weight excluding hydrogens is 198 g/mol. The van der Waals surface area contributed by atoms with Gasteiger partial charge in [-0.25, -0.2) is 0 Å². The second-order valence-electron chi connectivity index (χ2n) is 4.73. The Labute approximate surface area is 97.6 Å². The average Bonchev–Trinajstić information content (AvgIpc) is 2.24. The molecule has 0 aromatic carbocycles. The summed E-state index contributed by atoms with van der Waals surface area (Å²) in [5.41, 5.74) is 3.87. The molecule has 0 spiro atoms. The molecular formula is C13H29NSi. The first-order valence-corrected chi connectivity index (χ1v) is 8.57. The fourth-order valence-electron chi connectivity index (χ4n) is 2.91. The van der Waals surface area contributed by atoms with Crippen molar-refractivity contribution in [3.63, 3.8) is 0 Å². The molecule has 0 aliphatic carbocycles. The lowest BCUT2D eigenvalue weighted by molar-refractivity contribution is 0.442. The summed E-state index contributed by atoms with van der Waals surface area (Å²) in [5.74, 6) is 0. The van der Waals surface area contributed by atoms with Gasteiger partial charge < -0.3 is 4.57 Å². The predicted molar refractivity (Wildman–Crippen MR) is 73.7 cm³/mol. The molecule has 2 unspecified atom stereocenters. The van der Waals surface area contributed by atoms with Crippen molar-refractivity contribution >= 4 is 8.24 Å². The minimum absolute atomic E-state index is 0.754. The molecule has 0 radical (unpaired) electrons. The first-order valence-electron chi connectivity index (χ1n) is 6.39. The van der Waals surface area contributed by atoms with E-state index < -0.39 is 8.24 Å². The maximum Gasteiger partial charge on any atom is 0.157 e. The monoisotopic (exact) mass is 227 g/mol. The van der Waals surface area contributed by atoms with Crippen molar-refractivity contribution in [1.82, 2.24) is 4.57 Å². The molecule has 0 saturated heterocycles. The van der Waals surface area contributed by atoms with Crippen molar-refractivity contribution < 1.29 is 0 Å². The quantitative estimate of drug-likeness (QED) is 0.589. The Bertz CT molecular complexity index is 187. The molecule has 0 saturated carbocycles. The van der Waals surface area contributed by atoms with Crippen molar-refractivity contribution in [3.8, 4) is 0 Å². The predicted octanol–water partition coefficient (Wildman–Crippen LogP) is 4.21. The molecule has 0 fully saturated rings. The van der Waals surface area contributed by atoms with Gasteiger partial charge in [-0.2, -0.15) is 0 Å². The van der Waals surface area contributed by atoms with Crippen LogP contribution in [0.15, 0.2) is 12.3 Å². The number of rotatable bonds is 7. The minimum atomic E-state index is -1.48. The maximum atomic E-state index is 4.16. The van der Waals surface area contributed by atoms with Crippen LogP contribution in [0.5, 0.6) is 0 Å². The van der Waals surface area contributed by atoms with Crippen molar-refractivity contribution in [2.24, 2.45) is 0 Å². The minimum Gasteiger partial charge on any atom is -0.320 e. The zero-order valence-corrected chi connectivity index (χ0v) is 12.5. The highest BCUT2D eigenvalue weighted by Crippen LogP contribution is 2.38. The van der Waals surface area contributed by atoms with Crippen LogP contribution < -0.4 is 0 Å². The van der Waals surface area contributed by atoms with E-state index >= 15 is 0 Å². The SMILES string of the molecule is C=C[Si](C(C)C)(C(C)CC)N(CC)CC.